The molecule has 0 aliphatic carbocycles. The fourth-order valence-electron chi connectivity index (χ4n) is 2.94. The van der Waals surface area contributed by atoms with Gasteiger partial charge in [0.05, 0.1) is 24.5 Å². The van der Waals surface area contributed by atoms with Crippen LogP contribution in [0.15, 0.2) is 24.3 Å². The first kappa shape index (κ1) is 24.8. The summed E-state index contributed by atoms with van der Waals surface area (Å²) < 4.78 is 48.7. The van der Waals surface area contributed by atoms with Gasteiger partial charge in [0.1, 0.15) is 17.2 Å². The molecule has 8 heteroatoms. The Labute approximate surface area is 168 Å². The highest BCUT2D eigenvalue weighted by molar-refractivity contribution is 5.94. The molecule has 0 bridgehead atoms. The van der Waals surface area contributed by atoms with Gasteiger partial charge in [-0.2, -0.15) is 13.2 Å². The first-order valence-electron chi connectivity index (χ1n) is 9.17. The zero-order valence-corrected chi connectivity index (χ0v) is 17.3. The maximum absolute atomic E-state index is 12.9. The van der Waals surface area contributed by atoms with Crippen molar-refractivity contribution in [2.75, 3.05) is 13.7 Å². The topological polar surface area (TPSA) is 69.7 Å². The Balaban J connectivity index is 3.28. The van der Waals surface area contributed by atoms with Crippen molar-refractivity contribution in [2.45, 2.75) is 58.2 Å². The van der Waals surface area contributed by atoms with E-state index >= 15 is 0 Å². The normalized spacial score (nSPS) is 14.2. The van der Waals surface area contributed by atoms with Gasteiger partial charge in [-0.1, -0.05) is 12.1 Å². The molecule has 0 saturated carbocycles. The quantitative estimate of drug-likeness (QED) is 0.561. The van der Waals surface area contributed by atoms with Gasteiger partial charge in [-0.15, -0.1) is 0 Å². The number of benzene rings is 1. The Morgan fingerprint density at radius 2 is 1.59 bits per heavy atom. The number of methoxy groups -OCH3 is 1. The van der Waals surface area contributed by atoms with Crippen LogP contribution < -0.4 is 0 Å². The highest BCUT2D eigenvalue weighted by Crippen LogP contribution is 2.34. The summed E-state index contributed by atoms with van der Waals surface area (Å²) in [5, 5.41) is 0. The van der Waals surface area contributed by atoms with Crippen molar-refractivity contribution in [1.82, 2.24) is 0 Å². The third kappa shape index (κ3) is 7.97. The summed E-state index contributed by atoms with van der Waals surface area (Å²) in [5.41, 5.74) is -1.40. The molecule has 0 N–H and O–H groups in total. The van der Waals surface area contributed by atoms with Crippen LogP contribution in [0.4, 0.5) is 13.2 Å². The fraction of sp³-hybridized carbons (Fsp3) is 0.571. The van der Waals surface area contributed by atoms with Crippen molar-refractivity contribution in [1.29, 1.82) is 0 Å². The Hall–Kier alpha value is -2.22. The largest absolute Gasteiger partial charge is 0.460 e. The first-order chi connectivity index (χ1) is 13.3. The molecule has 1 rings (SSSR count). The molecule has 2 atom stereocenters. The number of esters is 1. The van der Waals surface area contributed by atoms with Crippen LogP contribution in [-0.4, -0.2) is 36.9 Å². The van der Waals surface area contributed by atoms with E-state index in [1.807, 2.05) is 0 Å². The van der Waals surface area contributed by atoms with Crippen molar-refractivity contribution in [3.05, 3.63) is 35.4 Å². The molecule has 5 nitrogen and oxygen atoms in total. The van der Waals surface area contributed by atoms with Gasteiger partial charge in [-0.05, 0) is 45.4 Å². The molecule has 0 amide bonds. The van der Waals surface area contributed by atoms with Crippen molar-refractivity contribution in [3.63, 3.8) is 0 Å². The lowest BCUT2D eigenvalue weighted by atomic mass is 9.78. The van der Waals surface area contributed by atoms with E-state index in [2.05, 4.69) is 0 Å². The molecule has 1 aromatic carbocycles. The minimum absolute atomic E-state index is 0.0414. The lowest BCUT2D eigenvalue weighted by molar-refractivity contribution is -0.157. The molecule has 0 aromatic heterocycles. The van der Waals surface area contributed by atoms with Gasteiger partial charge in [0.15, 0.2) is 0 Å². The number of ketones is 2. The number of hydrogen-bond acceptors (Lipinski definition) is 5. The molecule has 0 fully saturated rings. The SMILES string of the molecule is COCCC(=O)C(c1ccc(C(F)(F)F)cc1)C(CC(=O)OC(C)(C)C)C(C)=O. The van der Waals surface area contributed by atoms with E-state index in [9.17, 15) is 27.6 Å². The summed E-state index contributed by atoms with van der Waals surface area (Å²) >= 11 is 0. The monoisotopic (exact) mass is 416 g/mol. The number of carbonyl (C=O) groups is 3. The van der Waals surface area contributed by atoms with Crippen LogP contribution in [0.3, 0.4) is 0 Å². The van der Waals surface area contributed by atoms with Gasteiger partial charge in [0, 0.05) is 19.4 Å². The molecule has 2 unspecified atom stereocenters. The summed E-state index contributed by atoms with van der Waals surface area (Å²) in [4.78, 5) is 37.4. The maximum Gasteiger partial charge on any atom is 0.416 e. The van der Waals surface area contributed by atoms with Crippen molar-refractivity contribution in [2.24, 2.45) is 5.92 Å². The lowest BCUT2D eigenvalue weighted by Gasteiger charge is -2.26. The number of alkyl halides is 3. The summed E-state index contributed by atoms with van der Waals surface area (Å²) in [6.07, 6.45) is -4.91. The number of Topliss-reactive ketones (excluding diaryl/α,β-unsaturated/α-hetero) is 2. The van der Waals surface area contributed by atoms with Gasteiger partial charge >= 0.3 is 12.1 Å². The molecule has 0 radical (unpaired) electrons. The highest BCUT2D eigenvalue weighted by atomic mass is 19.4. The van der Waals surface area contributed by atoms with E-state index in [1.165, 1.54) is 26.2 Å². The molecule has 29 heavy (non-hydrogen) atoms. The first-order valence-corrected chi connectivity index (χ1v) is 9.17. The highest BCUT2D eigenvalue weighted by Gasteiger charge is 2.36. The minimum Gasteiger partial charge on any atom is -0.460 e. The predicted molar refractivity (Wildman–Crippen MR) is 100 cm³/mol. The van der Waals surface area contributed by atoms with Crippen molar-refractivity contribution < 1.29 is 37.0 Å². The Bertz CT molecular complexity index is 717. The number of rotatable bonds is 9. The average Bonchev–Trinajstić information content (AvgIpc) is 2.57. The fourth-order valence-corrected chi connectivity index (χ4v) is 2.94. The molecule has 162 valence electrons. The van der Waals surface area contributed by atoms with Crippen LogP contribution in [-0.2, 0) is 30.0 Å². The second-order valence-electron chi connectivity index (χ2n) is 7.81. The average molecular weight is 416 g/mol. The standard InChI is InChI=1S/C21H27F3O5/c1-13(25)16(12-18(27)29-20(2,3)4)19(17(26)10-11-28-5)14-6-8-15(9-7-14)21(22,23)24/h6-9,16,19H,10-12H2,1-5H3. The molecule has 1 aromatic rings. The second-order valence-corrected chi connectivity index (χ2v) is 7.81. The lowest BCUT2D eigenvalue weighted by Crippen LogP contribution is -2.32. The van der Waals surface area contributed by atoms with Crippen LogP contribution in [0.5, 0.6) is 0 Å². The van der Waals surface area contributed by atoms with E-state index in [0.29, 0.717) is 0 Å². The second kappa shape index (κ2) is 10.0. The van der Waals surface area contributed by atoms with Gasteiger partial charge in [-0.25, -0.2) is 0 Å². The molecule has 0 heterocycles. The van der Waals surface area contributed by atoms with Crippen LogP contribution in [0.2, 0.25) is 0 Å². The van der Waals surface area contributed by atoms with E-state index in [1.54, 1.807) is 20.8 Å². The van der Waals surface area contributed by atoms with Crippen LogP contribution >= 0.6 is 0 Å². The Morgan fingerprint density at radius 3 is 2.00 bits per heavy atom. The number of halogens is 3. The van der Waals surface area contributed by atoms with E-state index < -0.39 is 46.7 Å². The molecular formula is C21H27F3O5. The Morgan fingerprint density at radius 1 is 1.03 bits per heavy atom. The van der Waals surface area contributed by atoms with Crippen LogP contribution in [0.25, 0.3) is 0 Å². The summed E-state index contributed by atoms with van der Waals surface area (Å²) in [7, 11) is 1.41. The van der Waals surface area contributed by atoms with Crippen molar-refractivity contribution >= 4 is 17.5 Å². The number of carbonyl (C=O) groups excluding carboxylic acids is 3. The predicted octanol–water partition coefficient (Wildman–Crippen LogP) is 4.33. The molecular weight excluding hydrogens is 389 g/mol. The number of ether oxygens (including phenoxy) is 2. The molecule has 0 aliphatic rings. The van der Waals surface area contributed by atoms with E-state index in [0.717, 1.165) is 12.1 Å². The zero-order chi connectivity index (χ0) is 22.4. The minimum atomic E-state index is -4.52. The van der Waals surface area contributed by atoms with E-state index in [4.69, 9.17) is 9.47 Å². The summed E-state index contributed by atoms with van der Waals surface area (Å²) in [6.45, 7) is 6.35. The third-order valence-electron chi connectivity index (χ3n) is 4.23. The Kier molecular flexibility index (Phi) is 8.56. The molecule has 0 aliphatic heterocycles. The smallest absolute Gasteiger partial charge is 0.416 e. The van der Waals surface area contributed by atoms with Crippen LogP contribution in [0.1, 0.15) is 57.6 Å². The maximum atomic E-state index is 12.9. The molecule has 0 saturated heterocycles. The van der Waals surface area contributed by atoms with Gasteiger partial charge in [0.2, 0.25) is 0 Å². The van der Waals surface area contributed by atoms with Gasteiger partial charge < -0.3 is 9.47 Å². The van der Waals surface area contributed by atoms with Gasteiger partial charge in [0.25, 0.3) is 0 Å². The summed E-state index contributed by atoms with van der Waals surface area (Å²) in [5.74, 6) is -3.60. The zero-order valence-electron chi connectivity index (χ0n) is 17.3. The van der Waals surface area contributed by atoms with Crippen molar-refractivity contribution in [3.8, 4) is 0 Å². The summed E-state index contributed by atoms with van der Waals surface area (Å²) in [6, 6.07) is 4.06. The van der Waals surface area contributed by atoms with E-state index in [-0.39, 0.29) is 25.0 Å². The third-order valence-corrected chi connectivity index (χ3v) is 4.23. The van der Waals surface area contributed by atoms with Crippen LogP contribution in [0, 0.1) is 5.92 Å². The molecule has 0 spiro atoms. The number of hydrogen-bond donors (Lipinski definition) is 0. The van der Waals surface area contributed by atoms with Gasteiger partial charge in [-0.3, -0.25) is 14.4 Å².